The lowest BCUT2D eigenvalue weighted by Crippen LogP contribution is -2.20. The summed E-state index contributed by atoms with van der Waals surface area (Å²) in [5.41, 5.74) is 5.31. The van der Waals surface area contributed by atoms with Gasteiger partial charge in [0.2, 0.25) is 0 Å². The van der Waals surface area contributed by atoms with E-state index in [2.05, 4.69) is 30.8 Å². The number of aryl methyl sites for hydroxylation is 3. The van der Waals surface area contributed by atoms with Gasteiger partial charge >= 0.3 is 6.03 Å². The Morgan fingerprint density at radius 2 is 1.93 bits per heavy atom. The van der Waals surface area contributed by atoms with Gasteiger partial charge in [-0.1, -0.05) is 6.07 Å². The maximum Gasteiger partial charge on any atom is 0.323 e. The number of hydrogen-bond donors (Lipinski definition) is 2. The number of urea groups is 1. The third-order valence-corrected chi connectivity index (χ3v) is 4.35. The van der Waals surface area contributed by atoms with E-state index in [0.717, 1.165) is 17.1 Å². The van der Waals surface area contributed by atoms with Crippen molar-refractivity contribution >= 4 is 17.4 Å². The molecule has 0 bridgehead atoms. The molecule has 0 saturated heterocycles. The van der Waals surface area contributed by atoms with E-state index in [1.807, 2.05) is 48.9 Å². The summed E-state index contributed by atoms with van der Waals surface area (Å²) in [6.45, 7) is 3.94. The molecule has 2 amide bonds. The molecule has 9 heteroatoms. The standard InChI is InChI=1S/C20H20N8O/c1-13-9-14(2)28(26-13)16-6-4-5-15(10-16)24-20(29)25-18-12-23-27(3)19(18)17-11-21-7-8-22-17/h4-12H,1-3H3,(H2,24,25,29). The fraction of sp³-hybridized carbons (Fsp3) is 0.150. The van der Waals surface area contributed by atoms with Crippen molar-refractivity contribution in [1.82, 2.24) is 29.5 Å². The van der Waals surface area contributed by atoms with Gasteiger partial charge in [-0.3, -0.25) is 14.6 Å². The molecular formula is C20H20N8O. The van der Waals surface area contributed by atoms with E-state index >= 15 is 0 Å². The highest BCUT2D eigenvalue weighted by atomic mass is 16.2. The summed E-state index contributed by atoms with van der Waals surface area (Å²) < 4.78 is 3.48. The van der Waals surface area contributed by atoms with Crippen LogP contribution < -0.4 is 10.6 Å². The van der Waals surface area contributed by atoms with Crippen LogP contribution >= 0.6 is 0 Å². The first kappa shape index (κ1) is 18.4. The second kappa shape index (κ2) is 7.55. The highest BCUT2D eigenvalue weighted by Gasteiger charge is 2.15. The zero-order valence-corrected chi connectivity index (χ0v) is 16.3. The van der Waals surface area contributed by atoms with Crippen molar-refractivity contribution in [2.75, 3.05) is 10.6 Å². The van der Waals surface area contributed by atoms with Crippen LogP contribution in [0.4, 0.5) is 16.2 Å². The lowest BCUT2D eigenvalue weighted by molar-refractivity contribution is 0.262. The monoisotopic (exact) mass is 388 g/mol. The molecule has 0 fully saturated rings. The molecule has 0 spiro atoms. The Morgan fingerprint density at radius 1 is 1.07 bits per heavy atom. The average molecular weight is 388 g/mol. The predicted molar refractivity (Wildman–Crippen MR) is 110 cm³/mol. The van der Waals surface area contributed by atoms with Crippen molar-refractivity contribution in [3.05, 3.63) is 66.5 Å². The van der Waals surface area contributed by atoms with Crippen LogP contribution in [-0.4, -0.2) is 35.6 Å². The van der Waals surface area contributed by atoms with E-state index in [1.165, 1.54) is 0 Å². The van der Waals surface area contributed by atoms with Crippen LogP contribution in [0.3, 0.4) is 0 Å². The largest absolute Gasteiger partial charge is 0.323 e. The molecule has 146 valence electrons. The number of carbonyl (C=O) groups is 1. The minimum Gasteiger partial charge on any atom is -0.308 e. The molecule has 0 aliphatic carbocycles. The number of hydrogen-bond acceptors (Lipinski definition) is 5. The van der Waals surface area contributed by atoms with Gasteiger partial charge in [0.05, 0.1) is 29.5 Å². The Balaban J connectivity index is 1.53. The summed E-state index contributed by atoms with van der Waals surface area (Å²) in [6, 6.07) is 9.12. The number of nitrogens with one attached hydrogen (secondary N) is 2. The van der Waals surface area contributed by atoms with E-state index in [1.54, 1.807) is 36.5 Å². The predicted octanol–water partition coefficient (Wildman–Crippen LogP) is 3.32. The van der Waals surface area contributed by atoms with Crippen molar-refractivity contribution < 1.29 is 4.79 Å². The van der Waals surface area contributed by atoms with Crippen LogP contribution in [0.15, 0.2) is 55.1 Å². The van der Waals surface area contributed by atoms with Crippen molar-refractivity contribution in [1.29, 1.82) is 0 Å². The summed E-state index contributed by atoms with van der Waals surface area (Å²) in [4.78, 5) is 20.9. The van der Waals surface area contributed by atoms with Crippen LogP contribution in [0, 0.1) is 13.8 Å². The summed E-state index contributed by atoms with van der Waals surface area (Å²) in [7, 11) is 1.78. The Labute approximate surface area is 167 Å². The normalized spacial score (nSPS) is 10.7. The lowest BCUT2D eigenvalue weighted by Gasteiger charge is -2.10. The first-order valence-electron chi connectivity index (χ1n) is 9.01. The highest BCUT2D eigenvalue weighted by molar-refractivity contribution is 6.01. The number of anilines is 2. The van der Waals surface area contributed by atoms with Crippen molar-refractivity contribution in [2.24, 2.45) is 7.05 Å². The van der Waals surface area contributed by atoms with Crippen molar-refractivity contribution in [3.63, 3.8) is 0 Å². The fourth-order valence-corrected chi connectivity index (χ4v) is 3.14. The maximum absolute atomic E-state index is 12.6. The van der Waals surface area contributed by atoms with Gasteiger partial charge in [-0.25, -0.2) is 9.48 Å². The molecule has 0 aliphatic rings. The summed E-state index contributed by atoms with van der Waals surface area (Å²) in [5.74, 6) is 0. The van der Waals surface area contributed by atoms with Crippen molar-refractivity contribution in [3.8, 4) is 17.1 Å². The first-order valence-corrected chi connectivity index (χ1v) is 9.01. The molecule has 1 aromatic carbocycles. The number of amides is 2. The van der Waals surface area contributed by atoms with Gasteiger partial charge in [0.1, 0.15) is 11.4 Å². The fourth-order valence-electron chi connectivity index (χ4n) is 3.14. The smallest absolute Gasteiger partial charge is 0.308 e. The van der Waals surface area contributed by atoms with Gasteiger partial charge in [0, 0.05) is 30.8 Å². The molecule has 29 heavy (non-hydrogen) atoms. The lowest BCUT2D eigenvalue weighted by atomic mass is 10.2. The van der Waals surface area contributed by atoms with Gasteiger partial charge in [-0.2, -0.15) is 10.2 Å². The topological polar surface area (TPSA) is 103 Å². The van der Waals surface area contributed by atoms with E-state index in [9.17, 15) is 4.79 Å². The third kappa shape index (κ3) is 3.84. The van der Waals surface area contributed by atoms with Crippen LogP contribution in [-0.2, 0) is 7.05 Å². The average Bonchev–Trinajstić information content (AvgIpc) is 3.23. The second-order valence-electron chi connectivity index (χ2n) is 6.59. The van der Waals surface area contributed by atoms with E-state index in [4.69, 9.17) is 0 Å². The molecular weight excluding hydrogens is 368 g/mol. The Bertz CT molecular complexity index is 1160. The number of carbonyl (C=O) groups excluding carboxylic acids is 1. The van der Waals surface area contributed by atoms with Crippen LogP contribution in [0.1, 0.15) is 11.4 Å². The molecule has 4 rings (SSSR count). The highest BCUT2D eigenvalue weighted by Crippen LogP contribution is 2.25. The molecule has 3 heterocycles. The number of nitrogens with zero attached hydrogens (tertiary/aromatic N) is 6. The van der Waals surface area contributed by atoms with Crippen LogP contribution in [0.2, 0.25) is 0 Å². The number of rotatable bonds is 4. The second-order valence-corrected chi connectivity index (χ2v) is 6.59. The van der Waals surface area contributed by atoms with E-state index in [-0.39, 0.29) is 6.03 Å². The molecule has 0 saturated carbocycles. The Morgan fingerprint density at radius 3 is 2.66 bits per heavy atom. The van der Waals surface area contributed by atoms with E-state index < -0.39 is 0 Å². The number of benzene rings is 1. The number of aromatic nitrogens is 6. The van der Waals surface area contributed by atoms with Gasteiger partial charge in [0.15, 0.2) is 0 Å². The van der Waals surface area contributed by atoms with Gasteiger partial charge in [-0.15, -0.1) is 0 Å². The third-order valence-electron chi connectivity index (χ3n) is 4.35. The summed E-state index contributed by atoms with van der Waals surface area (Å²) in [6.07, 6.45) is 6.39. The first-order chi connectivity index (χ1) is 14.0. The molecule has 0 atom stereocenters. The molecule has 0 aliphatic heterocycles. The summed E-state index contributed by atoms with van der Waals surface area (Å²) >= 11 is 0. The summed E-state index contributed by atoms with van der Waals surface area (Å²) in [5, 5.41) is 14.4. The van der Waals surface area contributed by atoms with Gasteiger partial charge < -0.3 is 10.6 Å². The molecule has 0 radical (unpaired) electrons. The SMILES string of the molecule is Cc1cc(C)n(-c2cccc(NC(=O)Nc3cnn(C)c3-c3cnccn3)c2)n1. The van der Waals surface area contributed by atoms with Crippen LogP contribution in [0.25, 0.3) is 17.1 Å². The van der Waals surface area contributed by atoms with Gasteiger partial charge in [-0.05, 0) is 38.1 Å². The molecule has 0 unspecified atom stereocenters. The molecule has 2 N–H and O–H groups in total. The Kier molecular flexibility index (Phi) is 4.78. The quantitative estimate of drug-likeness (QED) is 0.558. The zero-order valence-electron chi connectivity index (χ0n) is 16.3. The van der Waals surface area contributed by atoms with Crippen LogP contribution in [0.5, 0.6) is 0 Å². The van der Waals surface area contributed by atoms with Crippen molar-refractivity contribution in [2.45, 2.75) is 13.8 Å². The minimum atomic E-state index is -0.381. The Hall–Kier alpha value is -4.01. The molecule has 9 nitrogen and oxygen atoms in total. The van der Waals surface area contributed by atoms with Gasteiger partial charge in [0.25, 0.3) is 0 Å². The molecule has 3 aromatic heterocycles. The maximum atomic E-state index is 12.6. The van der Waals surface area contributed by atoms with E-state index in [0.29, 0.717) is 22.8 Å². The minimum absolute atomic E-state index is 0.381. The molecule has 4 aromatic rings. The zero-order chi connectivity index (χ0) is 20.4.